The van der Waals surface area contributed by atoms with E-state index in [2.05, 4.69) is 31.3 Å². The van der Waals surface area contributed by atoms with E-state index in [4.69, 9.17) is 9.15 Å². The van der Waals surface area contributed by atoms with Gasteiger partial charge in [-0.05, 0) is 48.2 Å². The average molecular weight is 373 g/mol. The lowest BCUT2D eigenvalue weighted by atomic mass is 10.0. The van der Waals surface area contributed by atoms with Crippen molar-refractivity contribution in [1.82, 2.24) is 0 Å². The minimum atomic E-state index is -0.202. The molecule has 1 N–H and O–H groups in total. The molecule has 4 aromatic rings. The van der Waals surface area contributed by atoms with Gasteiger partial charge in [0, 0.05) is 22.5 Å². The van der Waals surface area contributed by atoms with Crippen molar-refractivity contribution >= 4 is 33.5 Å². The fourth-order valence-electron chi connectivity index (χ4n) is 3.39. The van der Waals surface area contributed by atoms with Gasteiger partial charge in [0.25, 0.3) is 5.91 Å². The molecule has 4 nitrogen and oxygen atoms in total. The number of ether oxygens (including phenoxy) is 1. The number of para-hydroxylation sites is 1. The SMILES string of the molecule is Cc1ccc(C(C)C)c(OCC(=O)Nc2ccc3c(c2)oc2ccccc23)c1. The summed E-state index contributed by atoms with van der Waals surface area (Å²) in [6, 6.07) is 19.7. The number of furan rings is 1. The Balaban J connectivity index is 1.48. The van der Waals surface area contributed by atoms with Crippen molar-refractivity contribution in [2.75, 3.05) is 11.9 Å². The summed E-state index contributed by atoms with van der Waals surface area (Å²) in [6.45, 7) is 6.20. The number of benzene rings is 3. The highest BCUT2D eigenvalue weighted by Crippen LogP contribution is 2.30. The van der Waals surface area contributed by atoms with E-state index < -0.39 is 0 Å². The van der Waals surface area contributed by atoms with Gasteiger partial charge in [0.1, 0.15) is 16.9 Å². The van der Waals surface area contributed by atoms with Crippen molar-refractivity contribution in [1.29, 1.82) is 0 Å². The van der Waals surface area contributed by atoms with E-state index in [0.717, 1.165) is 38.8 Å². The molecular formula is C24H23NO3. The lowest BCUT2D eigenvalue weighted by molar-refractivity contribution is -0.118. The Bertz CT molecular complexity index is 1160. The van der Waals surface area contributed by atoms with E-state index in [1.807, 2.05) is 55.5 Å². The van der Waals surface area contributed by atoms with E-state index >= 15 is 0 Å². The van der Waals surface area contributed by atoms with Crippen LogP contribution in [0.25, 0.3) is 21.9 Å². The molecule has 0 bridgehead atoms. The Morgan fingerprint density at radius 2 is 1.79 bits per heavy atom. The molecule has 4 heteroatoms. The number of aryl methyl sites for hydroxylation is 1. The number of carbonyl (C=O) groups excluding carboxylic acids is 1. The largest absolute Gasteiger partial charge is 0.483 e. The van der Waals surface area contributed by atoms with Crippen molar-refractivity contribution in [3.63, 3.8) is 0 Å². The molecule has 0 aliphatic rings. The van der Waals surface area contributed by atoms with Crippen LogP contribution in [0.2, 0.25) is 0 Å². The van der Waals surface area contributed by atoms with Crippen LogP contribution in [0, 0.1) is 6.92 Å². The Kier molecular flexibility index (Phi) is 4.78. The zero-order chi connectivity index (χ0) is 19.7. The van der Waals surface area contributed by atoms with Crippen molar-refractivity contribution in [2.45, 2.75) is 26.7 Å². The summed E-state index contributed by atoms with van der Waals surface area (Å²) in [4.78, 5) is 12.4. The van der Waals surface area contributed by atoms with Gasteiger partial charge in [0.05, 0.1) is 0 Å². The minimum absolute atomic E-state index is 0.0403. The van der Waals surface area contributed by atoms with E-state index in [9.17, 15) is 4.79 Å². The molecule has 0 aliphatic heterocycles. The molecule has 0 spiro atoms. The number of amides is 1. The second-order valence-corrected chi connectivity index (χ2v) is 7.34. The standard InChI is InChI=1S/C24H23NO3/c1-15(2)18-10-8-16(3)12-22(18)27-14-24(26)25-17-9-11-20-19-6-4-5-7-21(19)28-23(20)13-17/h4-13,15H,14H2,1-3H3,(H,25,26). The van der Waals surface area contributed by atoms with Crippen LogP contribution in [0.4, 0.5) is 5.69 Å². The first-order valence-electron chi connectivity index (χ1n) is 9.46. The summed E-state index contributed by atoms with van der Waals surface area (Å²) >= 11 is 0. The van der Waals surface area contributed by atoms with Crippen molar-refractivity contribution in [2.24, 2.45) is 0 Å². The summed E-state index contributed by atoms with van der Waals surface area (Å²) in [7, 11) is 0. The van der Waals surface area contributed by atoms with Gasteiger partial charge in [0.2, 0.25) is 0 Å². The van der Waals surface area contributed by atoms with Crippen LogP contribution in [0.3, 0.4) is 0 Å². The zero-order valence-electron chi connectivity index (χ0n) is 16.3. The topological polar surface area (TPSA) is 51.5 Å². The van der Waals surface area contributed by atoms with Crippen LogP contribution >= 0.6 is 0 Å². The first-order valence-corrected chi connectivity index (χ1v) is 9.46. The highest BCUT2D eigenvalue weighted by atomic mass is 16.5. The van der Waals surface area contributed by atoms with Crippen LogP contribution in [-0.2, 0) is 4.79 Å². The predicted octanol–water partition coefficient (Wildman–Crippen LogP) is 6.04. The molecule has 1 aromatic heterocycles. The van der Waals surface area contributed by atoms with Gasteiger partial charge < -0.3 is 14.5 Å². The Morgan fingerprint density at radius 1 is 1.00 bits per heavy atom. The number of anilines is 1. The normalized spacial score (nSPS) is 11.3. The summed E-state index contributed by atoms with van der Waals surface area (Å²) in [5.74, 6) is 0.888. The van der Waals surface area contributed by atoms with Gasteiger partial charge in [-0.3, -0.25) is 4.79 Å². The van der Waals surface area contributed by atoms with Crippen molar-refractivity contribution < 1.29 is 13.9 Å². The highest BCUT2D eigenvalue weighted by Gasteiger charge is 2.12. The molecule has 0 fully saturated rings. The molecule has 1 heterocycles. The van der Waals surface area contributed by atoms with Gasteiger partial charge in [0.15, 0.2) is 6.61 Å². The zero-order valence-corrected chi connectivity index (χ0v) is 16.3. The number of carbonyl (C=O) groups is 1. The minimum Gasteiger partial charge on any atom is -0.483 e. The molecule has 1 amide bonds. The Hall–Kier alpha value is -3.27. The predicted molar refractivity (Wildman–Crippen MR) is 113 cm³/mol. The van der Waals surface area contributed by atoms with Crippen LogP contribution in [-0.4, -0.2) is 12.5 Å². The number of hydrogen-bond donors (Lipinski definition) is 1. The van der Waals surface area contributed by atoms with Crippen LogP contribution in [0.15, 0.2) is 65.1 Å². The van der Waals surface area contributed by atoms with E-state index in [1.54, 1.807) is 0 Å². The van der Waals surface area contributed by atoms with Crippen LogP contribution in [0.1, 0.15) is 30.9 Å². The molecule has 0 unspecified atom stereocenters. The van der Waals surface area contributed by atoms with Crippen LogP contribution in [0.5, 0.6) is 5.75 Å². The molecule has 4 rings (SSSR count). The number of nitrogens with one attached hydrogen (secondary N) is 1. The van der Waals surface area contributed by atoms with Gasteiger partial charge in [-0.2, -0.15) is 0 Å². The first kappa shape index (κ1) is 18.1. The fraction of sp³-hybridized carbons (Fsp3) is 0.208. The first-order chi connectivity index (χ1) is 13.5. The van der Waals surface area contributed by atoms with Gasteiger partial charge in [-0.25, -0.2) is 0 Å². The third kappa shape index (κ3) is 3.58. The lowest BCUT2D eigenvalue weighted by Crippen LogP contribution is -2.20. The lowest BCUT2D eigenvalue weighted by Gasteiger charge is -2.14. The summed E-state index contributed by atoms with van der Waals surface area (Å²) in [6.07, 6.45) is 0. The molecule has 0 saturated heterocycles. The summed E-state index contributed by atoms with van der Waals surface area (Å²) in [5.41, 5.74) is 4.48. The van der Waals surface area contributed by atoms with Crippen molar-refractivity contribution in [3.8, 4) is 5.75 Å². The Morgan fingerprint density at radius 3 is 2.61 bits per heavy atom. The number of fused-ring (bicyclic) bond motifs is 3. The maximum absolute atomic E-state index is 12.4. The third-order valence-electron chi connectivity index (χ3n) is 4.81. The van der Waals surface area contributed by atoms with Gasteiger partial charge >= 0.3 is 0 Å². The number of hydrogen-bond acceptors (Lipinski definition) is 3. The van der Waals surface area contributed by atoms with E-state index in [0.29, 0.717) is 11.6 Å². The summed E-state index contributed by atoms with van der Waals surface area (Å²) < 4.78 is 11.7. The highest BCUT2D eigenvalue weighted by molar-refractivity contribution is 6.06. The monoisotopic (exact) mass is 373 g/mol. The quantitative estimate of drug-likeness (QED) is 0.464. The van der Waals surface area contributed by atoms with E-state index in [1.165, 1.54) is 0 Å². The summed E-state index contributed by atoms with van der Waals surface area (Å²) in [5, 5.41) is 4.99. The molecule has 0 aliphatic carbocycles. The molecule has 0 atom stereocenters. The van der Waals surface area contributed by atoms with Gasteiger partial charge in [-0.1, -0.05) is 44.2 Å². The molecule has 0 radical (unpaired) electrons. The maximum atomic E-state index is 12.4. The second-order valence-electron chi connectivity index (χ2n) is 7.34. The Labute approximate surface area is 164 Å². The molecule has 142 valence electrons. The molecule has 0 saturated carbocycles. The molecule has 28 heavy (non-hydrogen) atoms. The van der Waals surface area contributed by atoms with Crippen molar-refractivity contribution in [3.05, 3.63) is 71.8 Å². The van der Waals surface area contributed by atoms with E-state index in [-0.39, 0.29) is 12.5 Å². The number of rotatable bonds is 5. The maximum Gasteiger partial charge on any atom is 0.262 e. The second kappa shape index (κ2) is 7.39. The third-order valence-corrected chi connectivity index (χ3v) is 4.81. The average Bonchev–Trinajstić information content (AvgIpc) is 3.04. The fourth-order valence-corrected chi connectivity index (χ4v) is 3.39. The molecule has 3 aromatic carbocycles. The molecular weight excluding hydrogens is 350 g/mol. The van der Waals surface area contributed by atoms with Gasteiger partial charge in [-0.15, -0.1) is 0 Å². The van der Waals surface area contributed by atoms with Crippen LogP contribution < -0.4 is 10.1 Å². The smallest absolute Gasteiger partial charge is 0.262 e.